The van der Waals surface area contributed by atoms with Gasteiger partial charge in [-0.3, -0.25) is 0 Å². The van der Waals surface area contributed by atoms with E-state index in [4.69, 9.17) is 4.74 Å². The van der Waals surface area contributed by atoms with Crippen molar-refractivity contribution in [2.75, 3.05) is 20.3 Å². The second-order valence-electron chi connectivity index (χ2n) is 5.56. The average Bonchev–Trinajstić information content (AvgIpc) is 2.56. The normalized spacial score (nSPS) is 13.1. The molecule has 5 heteroatoms. The number of hydrogen-bond donors (Lipinski definition) is 2. The van der Waals surface area contributed by atoms with Crippen LogP contribution in [0.25, 0.3) is 0 Å². The molecule has 2 N–H and O–H groups in total. The Morgan fingerprint density at radius 1 is 1.50 bits per heavy atom. The van der Waals surface area contributed by atoms with E-state index in [0.717, 1.165) is 22.3 Å². The van der Waals surface area contributed by atoms with Crippen LogP contribution in [-0.4, -0.2) is 31.4 Å². The molecule has 132 valence electrons. The summed E-state index contributed by atoms with van der Waals surface area (Å²) in [6, 6.07) is 2.11. The summed E-state index contributed by atoms with van der Waals surface area (Å²) in [7, 11) is 1.92. The highest BCUT2D eigenvalue weighted by Gasteiger charge is 2.09. The predicted octanol–water partition coefficient (Wildman–Crippen LogP) is 3.45. The van der Waals surface area contributed by atoms with Crippen LogP contribution in [-0.2, 0) is 6.54 Å². The van der Waals surface area contributed by atoms with E-state index in [9.17, 15) is 4.39 Å². The first-order valence-corrected chi connectivity index (χ1v) is 8.07. The third kappa shape index (κ3) is 6.16. The van der Waals surface area contributed by atoms with Crippen molar-refractivity contribution in [2.45, 2.75) is 33.4 Å². The van der Waals surface area contributed by atoms with Gasteiger partial charge in [0.2, 0.25) is 5.88 Å². The van der Waals surface area contributed by atoms with Gasteiger partial charge in [0.05, 0.1) is 6.04 Å². The maximum absolute atomic E-state index is 12.2. The first-order valence-electron chi connectivity index (χ1n) is 8.07. The molecule has 0 aliphatic heterocycles. The number of pyridine rings is 1. The summed E-state index contributed by atoms with van der Waals surface area (Å²) in [5.41, 5.74) is 4.03. The highest BCUT2D eigenvalue weighted by Crippen LogP contribution is 2.16. The highest BCUT2D eigenvalue weighted by atomic mass is 19.1. The van der Waals surface area contributed by atoms with Crippen molar-refractivity contribution in [3.05, 3.63) is 59.5 Å². The molecule has 0 radical (unpaired) electrons. The lowest BCUT2D eigenvalue weighted by Gasteiger charge is -2.17. The van der Waals surface area contributed by atoms with Crippen molar-refractivity contribution in [1.82, 2.24) is 15.6 Å². The fourth-order valence-electron chi connectivity index (χ4n) is 2.31. The molecule has 1 aromatic heterocycles. The molecule has 0 spiro atoms. The summed E-state index contributed by atoms with van der Waals surface area (Å²) in [6.45, 7) is 10.1. The Kier molecular flexibility index (Phi) is 8.79. The summed E-state index contributed by atoms with van der Waals surface area (Å²) in [6.07, 6.45) is 7.82. The maximum atomic E-state index is 12.2. The number of aromatic nitrogens is 1. The summed E-state index contributed by atoms with van der Waals surface area (Å²) < 4.78 is 17.4. The summed E-state index contributed by atoms with van der Waals surface area (Å²) in [5, 5.41) is 6.56. The maximum Gasteiger partial charge on any atom is 0.216 e. The average molecular weight is 333 g/mol. The largest absolute Gasteiger partial charge is 0.475 e. The molecule has 0 aliphatic rings. The molecular weight excluding hydrogens is 305 g/mol. The Morgan fingerprint density at radius 3 is 2.79 bits per heavy atom. The van der Waals surface area contributed by atoms with E-state index < -0.39 is 6.67 Å². The van der Waals surface area contributed by atoms with Crippen molar-refractivity contribution in [3.8, 4) is 5.88 Å². The van der Waals surface area contributed by atoms with Gasteiger partial charge in [-0.25, -0.2) is 9.37 Å². The van der Waals surface area contributed by atoms with Crippen molar-refractivity contribution >= 4 is 0 Å². The van der Waals surface area contributed by atoms with Crippen LogP contribution in [0.15, 0.2) is 48.3 Å². The van der Waals surface area contributed by atoms with E-state index in [-0.39, 0.29) is 12.6 Å². The van der Waals surface area contributed by atoms with Crippen LogP contribution >= 0.6 is 0 Å². The molecule has 0 amide bonds. The molecule has 4 nitrogen and oxygen atoms in total. The zero-order valence-corrected chi connectivity index (χ0v) is 15.0. The number of ether oxygens (including phenoxy) is 1. The van der Waals surface area contributed by atoms with Crippen molar-refractivity contribution in [2.24, 2.45) is 0 Å². The molecule has 0 saturated carbocycles. The number of nitrogens with one attached hydrogen (secondary N) is 2. The van der Waals surface area contributed by atoms with Gasteiger partial charge in [0.1, 0.15) is 13.3 Å². The smallest absolute Gasteiger partial charge is 0.216 e. The second kappa shape index (κ2) is 10.6. The molecule has 1 atom stereocenters. The minimum atomic E-state index is -0.516. The van der Waals surface area contributed by atoms with E-state index in [1.165, 1.54) is 0 Å². The molecule has 1 aromatic rings. The van der Waals surface area contributed by atoms with Gasteiger partial charge in [-0.05, 0) is 45.0 Å². The Bertz CT molecular complexity index is 596. The molecule has 1 rings (SSSR count). The van der Waals surface area contributed by atoms with E-state index >= 15 is 0 Å². The zero-order valence-electron chi connectivity index (χ0n) is 15.0. The quantitative estimate of drug-likeness (QED) is 0.508. The van der Waals surface area contributed by atoms with Gasteiger partial charge < -0.3 is 15.4 Å². The number of nitrogens with zero attached hydrogens (tertiary/aromatic N) is 1. The van der Waals surface area contributed by atoms with Gasteiger partial charge in [-0.2, -0.15) is 0 Å². The van der Waals surface area contributed by atoms with E-state index in [1.54, 1.807) is 6.20 Å². The van der Waals surface area contributed by atoms with Gasteiger partial charge in [-0.1, -0.05) is 24.3 Å². The van der Waals surface area contributed by atoms with Gasteiger partial charge >= 0.3 is 0 Å². The topological polar surface area (TPSA) is 46.2 Å². The Morgan fingerprint density at radius 2 is 2.25 bits per heavy atom. The minimum Gasteiger partial charge on any atom is -0.475 e. The molecule has 0 fully saturated rings. The van der Waals surface area contributed by atoms with Gasteiger partial charge in [0.15, 0.2) is 0 Å². The van der Waals surface area contributed by atoms with Crippen LogP contribution in [0.5, 0.6) is 5.88 Å². The third-order valence-corrected chi connectivity index (χ3v) is 3.49. The fourth-order valence-corrected chi connectivity index (χ4v) is 2.31. The van der Waals surface area contributed by atoms with E-state index in [0.29, 0.717) is 12.4 Å². The number of alkyl halides is 1. The van der Waals surface area contributed by atoms with Crippen molar-refractivity contribution in [3.63, 3.8) is 0 Å². The lowest BCUT2D eigenvalue weighted by molar-refractivity contribution is 0.263. The van der Waals surface area contributed by atoms with E-state index in [2.05, 4.69) is 28.3 Å². The number of allylic oxidation sites excluding steroid dienone is 1. The van der Waals surface area contributed by atoms with Crippen LogP contribution in [0.2, 0.25) is 0 Å². The molecule has 0 bridgehead atoms. The van der Waals surface area contributed by atoms with Gasteiger partial charge in [0.25, 0.3) is 0 Å². The predicted molar refractivity (Wildman–Crippen MR) is 97.8 cm³/mol. The minimum absolute atomic E-state index is 0.0342. The van der Waals surface area contributed by atoms with Crippen LogP contribution in [0.1, 0.15) is 25.0 Å². The SMILES string of the molecule is C=C(C)/C(=C/NCc1cnc(OCCF)c(C)c1)C(/C=C\C)NC. The summed E-state index contributed by atoms with van der Waals surface area (Å²) in [5.74, 6) is 0.484. The number of hydrogen-bond acceptors (Lipinski definition) is 4. The first kappa shape index (κ1) is 19.9. The third-order valence-electron chi connectivity index (χ3n) is 3.49. The van der Waals surface area contributed by atoms with Crippen LogP contribution < -0.4 is 15.4 Å². The molecule has 0 aliphatic carbocycles. The Balaban J connectivity index is 2.76. The number of likely N-dealkylation sites (N-methyl/N-ethyl adjacent to an activating group) is 1. The fraction of sp³-hybridized carbons (Fsp3) is 0.421. The number of halogens is 1. The van der Waals surface area contributed by atoms with Gasteiger partial charge in [-0.15, -0.1) is 0 Å². The van der Waals surface area contributed by atoms with Crippen molar-refractivity contribution in [1.29, 1.82) is 0 Å². The molecule has 24 heavy (non-hydrogen) atoms. The summed E-state index contributed by atoms with van der Waals surface area (Å²) in [4.78, 5) is 4.24. The van der Waals surface area contributed by atoms with Crippen molar-refractivity contribution < 1.29 is 9.13 Å². The van der Waals surface area contributed by atoms with E-state index in [1.807, 2.05) is 46.2 Å². The lowest BCUT2D eigenvalue weighted by Crippen LogP contribution is -2.27. The number of aryl methyl sites for hydroxylation is 1. The summed E-state index contributed by atoms with van der Waals surface area (Å²) >= 11 is 0. The molecule has 1 unspecified atom stereocenters. The zero-order chi connectivity index (χ0) is 17.9. The molecule has 0 saturated heterocycles. The monoisotopic (exact) mass is 333 g/mol. The van der Waals surface area contributed by atoms with Crippen LogP contribution in [0.4, 0.5) is 4.39 Å². The van der Waals surface area contributed by atoms with Gasteiger partial charge in [0, 0.05) is 24.5 Å². The van der Waals surface area contributed by atoms with Crippen LogP contribution in [0.3, 0.4) is 0 Å². The molecule has 0 aromatic carbocycles. The number of rotatable bonds is 10. The molecule has 1 heterocycles. The lowest BCUT2D eigenvalue weighted by atomic mass is 10.0. The first-order chi connectivity index (χ1) is 11.5. The van der Waals surface area contributed by atoms with Crippen LogP contribution in [0, 0.1) is 6.92 Å². The Labute approximate surface area is 144 Å². The highest BCUT2D eigenvalue weighted by molar-refractivity contribution is 5.35. The standard InChI is InChI=1S/C19H28FN3O/c1-6-7-18(21-5)17(14(2)3)13-22-11-16-10-15(4)19(23-12-16)24-9-8-20/h6-7,10,12-13,18,21-22H,2,8-9,11H2,1,3-5H3/b7-6-,17-13-. The second-order valence-corrected chi connectivity index (χ2v) is 5.56. The Hall–Kier alpha value is -2.14. The molecular formula is C19H28FN3O.